The Labute approximate surface area is 142 Å². The fourth-order valence-electron chi connectivity index (χ4n) is 2.33. The van der Waals surface area contributed by atoms with Gasteiger partial charge in [-0.1, -0.05) is 23.7 Å². The zero-order chi connectivity index (χ0) is 17.1. The van der Waals surface area contributed by atoms with Crippen LogP contribution in [-0.4, -0.2) is 16.3 Å². The van der Waals surface area contributed by atoms with E-state index in [9.17, 15) is 9.59 Å². The van der Waals surface area contributed by atoms with Crippen molar-refractivity contribution < 1.29 is 9.21 Å². The van der Waals surface area contributed by atoms with Gasteiger partial charge in [-0.25, -0.2) is 4.79 Å². The van der Waals surface area contributed by atoms with Gasteiger partial charge in [-0.2, -0.15) is 0 Å². The standard InChI is InChI=1S/C17H14ClN3O3/c18-12-7-5-11(6-8-12)16(19)20-15(22)9-10-21-13-3-1-2-4-14(13)24-17(21)23/h1-8H,9-10H2,(H2,19,20,22). The molecule has 0 aliphatic heterocycles. The van der Waals surface area contributed by atoms with E-state index in [1.54, 1.807) is 48.5 Å². The van der Waals surface area contributed by atoms with Crippen LogP contribution < -0.4 is 11.1 Å². The van der Waals surface area contributed by atoms with Crippen molar-refractivity contribution in [3.8, 4) is 0 Å². The number of nitrogens with zero attached hydrogens (tertiary/aromatic N) is 1. The molecule has 0 unspecified atom stereocenters. The van der Waals surface area contributed by atoms with Crippen LogP contribution in [0.4, 0.5) is 0 Å². The number of amides is 1. The van der Waals surface area contributed by atoms with E-state index in [2.05, 4.69) is 5.32 Å². The number of rotatable bonds is 4. The second kappa shape index (κ2) is 6.72. The van der Waals surface area contributed by atoms with Gasteiger partial charge in [-0.05, 0) is 36.4 Å². The van der Waals surface area contributed by atoms with Gasteiger partial charge in [-0.15, -0.1) is 0 Å². The first kappa shape index (κ1) is 16.0. The van der Waals surface area contributed by atoms with Gasteiger partial charge in [-0.3, -0.25) is 14.8 Å². The molecule has 0 fully saturated rings. The molecule has 0 bridgehead atoms. The topological polar surface area (TPSA) is 88.1 Å². The zero-order valence-electron chi connectivity index (χ0n) is 12.6. The van der Waals surface area contributed by atoms with Crippen LogP contribution in [0.3, 0.4) is 0 Å². The van der Waals surface area contributed by atoms with Crippen molar-refractivity contribution in [1.29, 1.82) is 5.41 Å². The van der Waals surface area contributed by atoms with Crippen molar-refractivity contribution in [1.82, 2.24) is 9.88 Å². The summed E-state index contributed by atoms with van der Waals surface area (Å²) < 4.78 is 6.52. The van der Waals surface area contributed by atoms with Gasteiger partial charge < -0.3 is 9.73 Å². The van der Waals surface area contributed by atoms with E-state index in [0.717, 1.165) is 0 Å². The molecule has 0 saturated carbocycles. The molecule has 1 heterocycles. The summed E-state index contributed by atoms with van der Waals surface area (Å²) in [6, 6.07) is 13.6. The fraction of sp³-hybridized carbons (Fsp3) is 0.118. The average Bonchev–Trinajstić information content (AvgIpc) is 2.88. The number of aromatic nitrogens is 1. The lowest BCUT2D eigenvalue weighted by Gasteiger charge is -2.07. The molecular formula is C17H14ClN3O3. The first-order valence-electron chi connectivity index (χ1n) is 7.27. The molecule has 0 atom stereocenters. The minimum atomic E-state index is -0.503. The van der Waals surface area contributed by atoms with Crippen LogP contribution in [0.1, 0.15) is 12.0 Å². The summed E-state index contributed by atoms with van der Waals surface area (Å²) in [5, 5.41) is 11.0. The number of hydrogen-bond acceptors (Lipinski definition) is 4. The van der Waals surface area contributed by atoms with E-state index in [0.29, 0.717) is 21.7 Å². The van der Waals surface area contributed by atoms with E-state index >= 15 is 0 Å². The number of aryl methyl sites for hydroxylation is 1. The number of benzene rings is 2. The van der Waals surface area contributed by atoms with Gasteiger partial charge in [0.2, 0.25) is 5.91 Å². The molecule has 3 rings (SSSR count). The Balaban J connectivity index is 1.65. The molecule has 0 saturated heterocycles. The number of amidine groups is 1. The Morgan fingerprint density at radius 2 is 1.88 bits per heavy atom. The van der Waals surface area contributed by atoms with E-state index in [1.165, 1.54) is 4.57 Å². The number of carbonyl (C=O) groups excluding carboxylic acids is 1. The molecule has 122 valence electrons. The van der Waals surface area contributed by atoms with Crippen molar-refractivity contribution in [3.05, 3.63) is 69.7 Å². The fourth-order valence-corrected chi connectivity index (χ4v) is 2.46. The van der Waals surface area contributed by atoms with E-state index in [1.807, 2.05) is 0 Å². The molecule has 2 aromatic carbocycles. The molecule has 1 amide bonds. The van der Waals surface area contributed by atoms with Crippen molar-refractivity contribution in [2.45, 2.75) is 13.0 Å². The zero-order valence-corrected chi connectivity index (χ0v) is 13.3. The Bertz CT molecular complexity index is 957. The van der Waals surface area contributed by atoms with Gasteiger partial charge >= 0.3 is 5.76 Å². The predicted octanol–water partition coefficient (Wildman–Crippen LogP) is 2.78. The van der Waals surface area contributed by atoms with Crippen LogP contribution in [0, 0.1) is 5.41 Å². The number of oxazole rings is 1. The number of hydrogen-bond donors (Lipinski definition) is 2. The third-order valence-corrected chi connectivity index (χ3v) is 3.79. The summed E-state index contributed by atoms with van der Waals surface area (Å²) in [5.74, 6) is -0.870. The molecule has 0 radical (unpaired) electrons. The quantitative estimate of drug-likeness (QED) is 0.564. The maximum atomic E-state index is 12.0. The first-order chi connectivity index (χ1) is 11.5. The minimum absolute atomic E-state index is 0.0129. The van der Waals surface area contributed by atoms with Crippen molar-refractivity contribution >= 4 is 34.4 Å². The van der Waals surface area contributed by atoms with Crippen molar-refractivity contribution in [2.75, 3.05) is 0 Å². The van der Waals surface area contributed by atoms with Crippen LogP contribution in [-0.2, 0) is 11.3 Å². The van der Waals surface area contributed by atoms with E-state index in [4.69, 9.17) is 21.4 Å². The van der Waals surface area contributed by atoms with Crippen molar-refractivity contribution in [3.63, 3.8) is 0 Å². The SMILES string of the molecule is N=C(NC(=O)CCn1c(=O)oc2ccccc21)c1ccc(Cl)cc1. The molecule has 7 heteroatoms. The molecule has 24 heavy (non-hydrogen) atoms. The molecule has 0 aliphatic rings. The summed E-state index contributed by atoms with van der Waals surface area (Å²) in [4.78, 5) is 23.8. The third kappa shape index (κ3) is 3.38. The Kier molecular flexibility index (Phi) is 4.48. The highest BCUT2D eigenvalue weighted by Gasteiger charge is 2.11. The lowest BCUT2D eigenvalue weighted by atomic mass is 10.2. The Morgan fingerprint density at radius 1 is 1.17 bits per heavy atom. The minimum Gasteiger partial charge on any atom is -0.408 e. The van der Waals surface area contributed by atoms with Crippen LogP contribution in [0.2, 0.25) is 5.02 Å². The Hall–Kier alpha value is -2.86. The molecule has 0 spiro atoms. The van der Waals surface area contributed by atoms with Gasteiger partial charge in [0.1, 0.15) is 5.84 Å². The summed E-state index contributed by atoms with van der Waals surface area (Å²) in [5.41, 5.74) is 1.68. The van der Waals surface area contributed by atoms with Crippen molar-refractivity contribution in [2.24, 2.45) is 0 Å². The largest absolute Gasteiger partial charge is 0.419 e. The highest BCUT2D eigenvalue weighted by molar-refractivity contribution is 6.30. The number of carbonyl (C=O) groups is 1. The lowest BCUT2D eigenvalue weighted by Crippen LogP contribution is -2.31. The monoisotopic (exact) mass is 343 g/mol. The molecule has 2 N–H and O–H groups in total. The van der Waals surface area contributed by atoms with Crippen LogP contribution in [0.5, 0.6) is 0 Å². The molecule has 6 nitrogen and oxygen atoms in total. The number of nitrogens with one attached hydrogen (secondary N) is 2. The third-order valence-electron chi connectivity index (χ3n) is 3.53. The molecule has 1 aromatic heterocycles. The smallest absolute Gasteiger partial charge is 0.408 e. The Morgan fingerprint density at radius 3 is 2.62 bits per heavy atom. The summed E-state index contributed by atoms with van der Waals surface area (Å²) in [6.45, 7) is 0.176. The highest BCUT2D eigenvalue weighted by Crippen LogP contribution is 2.12. The number of fused-ring (bicyclic) bond motifs is 1. The average molecular weight is 344 g/mol. The van der Waals surface area contributed by atoms with E-state index < -0.39 is 5.76 Å². The second-order valence-corrected chi connectivity index (χ2v) is 5.60. The normalized spacial score (nSPS) is 10.7. The summed E-state index contributed by atoms with van der Waals surface area (Å²) in [6.07, 6.45) is 0.0550. The maximum Gasteiger partial charge on any atom is 0.419 e. The van der Waals surface area contributed by atoms with Gasteiger partial charge in [0, 0.05) is 23.6 Å². The molecule has 0 aliphatic carbocycles. The van der Waals surface area contributed by atoms with Crippen LogP contribution in [0.15, 0.2) is 57.7 Å². The lowest BCUT2D eigenvalue weighted by molar-refractivity contribution is -0.119. The van der Waals surface area contributed by atoms with Crippen LogP contribution in [0.25, 0.3) is 11.1 Å². The van der Waals surface area contributed by atoms with Gasteiger partial charge in [0.15, 0.2) is 5.58 Å². The second-order valence-electron chi connectivity index (χ2n) is 5.17. The summed E-state index contributed by atoms with van der Waals surface area (Å²) >= 11 is 5.79. The summed E-state index contributed by atoms with van der Waals surface area (Å²) in [7, 11) is 0. The van der Waals surface area contributed by atoms with E-state index in [-0.39, 0.29) is 24.7 Å². The van der Waals surface area contributed by atoms with Crippen LogP contribution >= 0.6 is 11.6 Å². The first-order valence-corrected chi connectivity index (χ1v) is 7.65. The molecular weight excluding hydrogens is 330 g/mol. The number of para-hydroxylation sites is 2. The maximum absolute atomic E-state index is 12.0. The van der Waals surface area contributed by atoms with Gasteiger partial charge in [0.05, 0.1) is 5.52 Å². The molecule has 3 aromatic rings. The predicted molar refractivity (Wildman–Crippen MR) is 91.5 cm³/mol. The number of halogens is 1. The van der Waals surface area contributed by atoms with Gasteiger partial charge in [0.25, 0.3) is 0 Å². The highest BCUT2D eigenvalue weighted by atomic mass is 35.5.